The van der Waals surface area contributed by atoms with E-state index >= 15 is 0 Å². The van der Waals surface area contributed by atoms with Gasteiger partial charge in [0.2, 0.25) is 0 Å². The highest BCUT2D eigenvalue weighted by Gasteiger charge is 2.27. The Morgan fingerprint density at radius 3 is 2.71 bits per heavy atom. The molecule has 2 N–H and O–H groups in total. The van der Waals surface area contributed by atoms with Crippen LogP contribution in [0.5, 0.6) is 0 Å². The minimum absolute atomic E-state index is 0.0439. The van der Waals surface area contributed by atoms with Gasteiger partial charge in [0.25, 0.3) is 0 Å². The van der Waals surface area contributed by atoms with Crippen molar-refractivity contribution < 1.29 is 0 Å². The standard InChI is InChI=1S/C19H22ClN/c1-12-11-18(20)13(2)10-17(12)19(21)16-9-5-7-14-6-3-4-8-15(14)16/h3-4,6,8,10-11,16,19H,5,7,9,21H2,1-2H3. The lowest BCUT2D eigenvalue weighted by Crippen LogP contribution is -2.24. The van der Waals surface area contributed by atoms with Crippen molar-refractivity contribution in [3.63, 3.8) is 0 Å². The molecule has 0 heterocycles. The maximum atomic E-state index is 6.66. The van der Waals surface area contributed by atoms with Crippen molar-refractivity contribution >= 4 is 11.6 Å². The van der Waals surface area contributed by atoms with Crippen molar-refractivity contribution in [2.24, 2.45) is 5.73 Å². The summed E-state index contributed by atoms with van der Waals surface area (Å²) in [7, 11) is 0. The average Bonchev–Trinajstić information content (AvgIpc) is 2.49. The average molecular weight is 300 g/mol. The summed E-state index contributed by atoms with van der Waals surface area (Å²) in [6, 6.07) is 13.0. The molecule has 0 amide bonds. The molecule has 21 heavy (non-hydrogen) atoms. The first-order chi connectivity index (χ1) is 10.1. The Balaban J connectivity index is 2.00. The van der Waals surface area contributed by atoms with Gasteiger partial charge in [-0.05, 0) is 67.0 Å². The van der Waals surface area contributed by atoms with Crippen molar-refractivity contribution in [1.29, 1.82) is 0 Å². The highest BCUT2D eigenvalue weighted by Crippen LogP contribution is 2.40. The van der Waals surface area contributed by atoms with E-state index in [1.54, 1.807) is 0 Å². The molecular weight excluding hydrogens is 278 g/mol. The number of nitrogens with two attached hydrogens (primary N) is 1. The number of hydrogen-bond donors (Lipinski definition) is 1. The molecule has 0 radical (unpaired) electrons. The molecule has 0 saturated heterocycles. The van der Waals surface area contributed by atoms with E-state index in [-0.39, 0.29) is 6.04 Å². The van der Waals surface area contributed by atoms with E-state index in [2.05, 4.69) is 37.3 Å². The Labute approximate surface area is 132 Å². The SMILES string of the molecule is Cc1cc(C(N)C2CCCc3ccccc32)c(C)cc1Cl. The summed E-state index contributed by atoms with van der Waals surface area (Å²) in [4.78, 5) is 0. The van der Waals surface area contributed by atoms with E-state index in [1.165, 1.54) is 41.5 Å². The summed E-state index contributed by atoms with van der Waals surface area (Å²) in [5, 5.41) is 0.826. The van der Waals surface area contributed by atoms with Crippen LogP contribution in [0.15, 0.2) is 36.4 Å². The number of benzene rings is 2. The molecule has 0 aliphatic heterocycles. The minimum Gasteiger partial charge on any atom is -0.323 e. The molecule has 1 aliphatic rings. The number of halogens is 1. The van der Waals surface area contributed by atoms with Gasteiger partial charge in [-0.2, -0.15) is 0 Å². The molecule has 1 nitrogen and oxygen atoms in total. The molecule has 110 valence electrons. The highest BCUT2D eigenvalue weighted by molar-refractivity contribution is 6.31. The summed E-state index contributed by atoms with van der Waals surface area (Å²) in [5.41, 5.74) is 13.1. The Bertz CT molecular complexity index is 663. The Kier molecular flexibility index (Phi) is 4.05. The Hall–Kier alpha value is -1.31. The van der Waals surface area contributed by atoms with Gasteiger partial charge in [0.05, 0.1) is 0 Å². The number of hydrogen-bond acceptors (Lipinski definition) is 1. The van der Waals surface area contributed by atoms with E-state index < -0.39 is 0 Å². The van der Waals surface area contributed by atoms with Crippen LogP contribution in [-0.4, -0.2) is 0 Å². The van der Waals surface area contributed by atoms with Gasteiger partial charge < -0.3 is 5.73 Å². The normalized spacial score (nSPS) is 19.1. The smallest absolute Gasteiger partial charge is 0.0438 e. The van der Waals surface area contributed by atoms with Crippen molar-refractivity contribution in [3.8, 4) is 0 Å². The van der Waals surface area contributed by atoms with Gasteiger partial charge in [0, 0.05) is 17.0 Å². The van der Waals surface area contributed by atoms with Gasteiger partial charge in [-0.25, -0.2) is 0 Å². The third-order valence-electron chi connectivity index (χ3n) is 4.76. The fourth-order valence-corrected chi connectivity index (χ4v) is 3.76. The lowest BCUT2D eigenvalue weighted by molar-refractivity contribution is 0.473. The number of fused-ring (bicyclic) bond motifs is 1. The van der Waals surface area contributed by atoms with Gasteiger partial charge in [-0.1, -0.05) is 41.9 Å². The first-order valence-corrected chi connectivity index (χ1v) is 8.05. The highest BCUT2D eigenvalue weighted by atomic mass is 35.5. The fourth-order valence-electron chi connectivity index (χ4n) is 3.54. The van der Waals surface area contributed by atoms with Crippen LogP contribution in [0, 0.1) is 13.8 Å². The number of aryl methyl sites for hydroxylation is 3. The zero-order valence-corrected chi connectivity index (χ0v) is 13.5. The molecule has 0 saturated carbocycles. The van der Waals surface area contributed by atoms with Crippen LogP contribution in [0.25, 0.3) is 0 Å². The van der Waals surface area contributed by atoms with Gasteiger partial charge in [0.15, 0.2) is 0 Å². The van der Waals surface area contributed by atoms with Crippen LogP contribution in [0.1, 0.15) is 52.6 Å². The first-order valence-electron chi connectivity index (χ1n) is 7.68. The van der Waals surface area contributed by atoms with Gasteiger partial charge in [-0.15, -0.1) is 0 Å². The third-order valence-corrected chi connectivity index (χ3v) is 5.16. The minimum atomic E-state index is 0.0439. The zero-order chi connectivity index (χ0) is 15.0. The molecular formula is C19H22ClN. The van der Waals surface area contributed by atoms with E-state index in [9.17, 15) is 0 Å². The molecule has 2 heteroatoms. The van der Waals surface area contributed by atoms with Crippen molar-refractivity contribution in [3.05, 3.63) is 69.2 Å². The van der Waals surface area contributed by atoms with Crippen LogP contribution in [-0.2, 0) is 6.42 Å². The molecule has 2 atom stereocenters. The number of rotatable bonds is 2. The van der Waals surface area contributed by atoms with E-state index in [0.717, 1.165) is 10.6 Å². The molecule has 2 aromatic rings. The Morgan fingerprint density at radius 2 is 1.90 bits per heavy atom. The molecule has 0 spiro atoms. The van der Waals surface area contributed by atoms with E-state index in [0.29, 0.717) is 5.92 Å². The maximum absolute atomic E-state index is 6.66. The van der Waals surface area contributed by atoms with Crippen LogP contribution >= 0.6 is 11.6 Å². The first kappa shape index (κ1) is 14.6. The predicted molar refractivity (Wildman–Crippen MR) is 90.0 cm³/mol. The summed E-state index contributed by atoms with van der Waals surface area (Å²) in [5.74, 6) is 0.411. The van der Waals surface area contributed by atoms with Crippen LogP contribution in [0.3, 0.4) is 0 Å². The Morgan fingerprint density at radius 1 is 1.14 bits per heavy atom. The fraction of sp³-hybridized carbons (Fsp3) is 0.368. The summed E-state index contributed by atoms with van der Waals surface area (Å²) in [6.45, 7) is 4.15. The predicted octanol–water partition coefficient (Wildman–Crippen LogP) is 5.08. The molecule has 0 fully saturated rings. The second-order valence-electron chi connectivity index (χ2n) is 6.18. The van der Waals surface area contributed by atoms with E-state index in [1.807, 2.05) is 13.0 Å². The topological polar surface area (TPSA) is 26.0 Å². The molecule has 0 bridgehead atoms. The zero-order valence-electron chi connectivity index (χ0n) is 12.7. The van der Waals surface area contributed by atoms with Crippen molar-refractivity contribution in [2.45, 2.75) is 45.1 Å². The monoisotopic (exact) mass is 299 g/mol. The molecule has 2 aromatic carbocycles. The largest absolute Gasteiger partial charge is 0.323 e. The van der Waals surface area contributed by atoms with Crippen molar-refractivity contribution in [2.75, 3.05) is 0 Å². The summed E-state index contributed by atoms with van der Waals surface area (Å²) >= 11 is 6.22. The summed E-state index contributed by atoms with van der Waals surface area (Å²) < 4.78 is 0. The van der Waals surface area contributed by atoms with Crippen molar-refractivity contribution in [1.82, 2.24) is 0 Å². The van der Waals surface area contributed by atoms with Crippen LogP contribution in [0.4, 0.5) is 0 Å². The van der Waals surface area contributed by atoms with Crippen LogP contribution in [0.2, 0.25) is 5.02 Å². The lowest BCUT2D eigenvalue weighted by Gasteiger charge is -2.31. The second kappa shape index (κ2) is 5.82. The van der Waals surface area contributed by atoms with Gasteiger partial charge in [-0.3, -0.25) is 0 Å². The van der Waals surface area contributed by atoms with Gasteiger partial charge in [0.1, 0.15) is 0 Å². The van der Waals surface area contributed by atoms with Crippen LogP contribution < -0.4 is 5.73 Å². The molecule has 1 aliphatic carbocycles. The lowest BCUT2D eigenvalue weighted by atomic mass is 9.76. The van der Waals surface area contributed by atoms with Gasteiger partial charge >= 0.3 is 0 Å². The maximum Gasteiger partial charge on any atom is 0.0438 e. The third kappa shape index (κ3) is 2.73. The van der Waals surface area contributed by atoms with E-state index in [4.69, 9.17) is 17.3 Å². The molecule has 2 unspecified atom stereocenters. The quantitative estimate of drug-likeness (QED) is 0.822. The molecule has 0 aromatic heterocycles. The molecule has 3 rings (SSSR count). The second-order valence-corrected chi connectivity index (χ2v) is 6.59. The summed E-state index contributed by atoms with van der Waals surface area (Å²) in [6.07, 6.45) is 3.57.